The Morgan fingerprint density at radius 1 is 1.30 bits per heavy atom. The molecule has 0 aromatic carbocycles. The van der Waals surface area contributed by atoms with Gasteiger partial charge in [-0.3, -0.25) is 5.32 Å². The molecule has 0 saturated carbocycles. The van der Waals surface area contributed by atoms with Gasteiger partial charge in [0.2, 0.25) is 10.1 Å². The van der Waals surface area contributed by atoms with Crippen LogP contribution in [-0.2, 0) is 6.18 Å². The summed E-state index contributed by atoms with van der Waals surface area (Å²) >= 11 is 0.235. The van der Waals surface area contributed by atoms with Gasteiger partial charge in [0.25, 0.3) is 0 Å². The van der Waals surface area contributed by atoms with E-state index < -0.39 is 22.8 Å². The summed E-state index contributed by atoms with van der Waals surface area (Å²) in [5.41, 5.74) is -0.804. The lowest BCUT2D eigenvalue weighted by Gasteiger charge is -2.30. The summed E-state index contributed by atoms with van der Waals surface area (Å²) in [5, 5.41) is 18.8. The third kappa shape index (κ3) is 4.04. The third-order valence-corrected chi connectivity index (χ3v) is 3.81. The quantitative estimate of drug-likeness (QED) is 0.778. The molecule has 1 aromatic heterocycles. The van der Waals surface area contributed by atoms with E-state index in [-0.39, 0.29) is 23.1 Å². The highest BCUT2D eigenvalue weighted by molar-refractivity contribution is 7.15. The van der Waals surface area contributed by atoms with E-state index >= 15 is 0 Å². The van der Waals surface area contributed by atoms with E-state index in [0.29, 0.717) is 12.8 Å². The van der Waals surface area contributed by atoms with Crippen LogP contribution >= 0.6 is 11.3 Å². The Balaban J connectivity index is 2.69. The average molecular weight is 312 g/mol. The molecule has 114 valence electrons. The van der Waals surface area contributed by atoms with Crippen LogP contribution in [0.1, 0.15) is 31.7 Å². The number of aliphatic hydroxyl groups excluding tert-OH is 1. The number of alkyl halides is 3. The average Bonchev–Trinajstić information content (AvgIpc) is 2.84. The van der Waals surface area contributed by atoms with Crippen LogP contribution in [0, 0.1) is 0 Å². The molecule has 1 aromatic rings. The summed E-state index contributed by atoms with van der Waals surface area (Å²) in [7, 11) is 0. The van der Waals surface area contributed by atoms with E-state index in [4.69, 9.17) is 0 Å². The van der Waals surface area contributed by atoms with Gasteiger partial charge in [-0.1, -0.05) is 25.2 Å². The Morgan fingerprint density at radius 2 is 1.90 bits per heavy atom. The third-order valence-electron chi connectivity index (χ3n) is 2.92. The summed E-state index contributed by atoms with van der Waals surface area (Å²) in [4.78, 5) is 11.7. The molecule has 0 fully saturated rings. The van der Waals surface area contributed by atoms with Gasteiger partial charge < -0.3 is 10.4 Å². The summed E-state index contributed by atoms with van der Waals surface area (Å²) in [6.07, 6.45) is -3.62. The number of halogens is 3. The maximum absolute atomic E-state index is 12.3. The lowest BCUT2D eigenvalue weighted by molar-refractivity contribution is -0.138. The number of carbonyl (C=O) groups is 1. The van der Waals surface area contributed by atoms with Crippen molar-refractivity contribution >= 4 is 22.5 Å². The number of nitrogens with zero attached hydrogens (tertiary/aromatic N) is 2. The summed E-state index contributed by atoms with van der Waals surface area (Å²) in [6.45, 7) is 3.30. The van der Waals surface area contributed by atoms with Crippen molar-refractivity contribution in [3.8, 4) is 0 Å². The molecule has 3 N–H and O–H groups in total. The van der Waals surface area contributed by atoms with Crippen LogP contribution in [-0.4, -0.2) is 33.5 Å². The number of nitrogens with one attached hydrogen (secondary N) is 2. The van der Waals surface area contributed by atoms with Crippen LogP contribution in [0.25, 0.3) is 0 Å². The maximum Gasteiger partial charge on any atom is 0.445 e. The zero-order valence-electron chi connectivity index (χ0n) is 10.9. The fourth-order valence-electron chi connectivity index (χ4n) is 1.45. The van der Waals surface area contributed by atoms with Gasteiger partial charge in [0, 0.05) is 0 Å². The van der Waals surface area contributed by atoms with Crippen LogP contribution in [0.5, 0.6) is 0 Å². The molecule has 0 bridgehead atoms. The molecule has 0 aliphatic heterocycles. The van der Waals surface area contributed by atoms with Crippen LogP contribution in [0.15, 0.2) is 0 Å². The Morgan fingerprint density at radius 3 is 2.30 bits per heavy atom. The van der Waals surface area contributed by atoms with Crippen molar-refractivity contribution in [2.24, 2.45) is 0 Å². The first-order chi connectivity index (χ1) is 9.26. The van der Waals surface area contributed by atoms with Gasteiger partial charge in [0.15, 0.2) is 0 Å². The molecule has 1 heterocycles. The minimum Gasteiger partial charge on any atom is -0.394 e. The Labute approximate surface area is 117 Å². The van der Waals surface area contributed by atoms with Crippen LogP contribution in [0.2, 0.25) is 0 Å². The highest BCUT2D eigenvalue weighted by atomic mass is 32.1. The first kappa shape index (κ1) is 16.6. The second-order valence-electron chi connectivity index (χ2n) is 4.13. The first-order valence-corrected chi connectivity index (χ1v) is 6.68. The number of anilines is 1. The highest BCUT2D eigenvalue weighted by Gasteiger charge is 2.36. The van der Waals surface area contributed by atoms with Crippen LogP contribution < -0.4 is 10.6 Å². The van der Waals surface area contributed by atoms with E-state index in [1.54, 1.807) is 13.8 Å². The molecule has 0 aliphatic carbocycles. The van der Waals surface area contributed by atoms with Crippen molar-refractivity contribution in [3.05, 3.63) is 5.01 Å². The van der Waals surface area contributed by atoms with Crippen LogP contribution in [0.4, 0.5) is 23.1 Å². The van der Waals surface area contributed by atoms with Crippen molar-refractivity contribution in [1.29, 1.82) is 0 Å². The van der Waals surface area contributed by atoms with E-state index in [9.17, 15) is 23.1 Å². The molecule has 10 heteroatoms. The van der Waals surface area contributed by atoms with Crippen molar-refractivity contribution in [1.82, 2.24) is 15.5 Å². The predicted octanol–water partition coefficient (Wildman–Crippen LogP) is 2.23. The molecular formula is C10H15F3N4O2S. The molecule has 0 saturated heterocycles. The number of urea groups is 1. The highest BCUT2D eigenvalue weighted by Crippen LogP contribution is 2.32. The van der Waals surface area contributed by atoms with Gasteiger partial charge in [0.1, 0.15) is 0 Å². The predicted molar refractivity (Wildman–Crippen MR) is 67.5 cm³/mol. The topological polar surface area (TPSA) is 87.1 Å². The molecule has 6 nitrogen and oxygen atoms in total. The van der Waals surface area contributed by atoms with Gasteiger partial charge in [-0.2, -0.15) is 13.2 Å². The zero-order chi connectivity index (χ0) is 15.4. The van der Waals surface area contributed by atoms with Gasteiger partial charge >= 0.3 is 12.2 Å². The number of hydrogen-bond acceptors (Lipinski definition) is 5. The van der Waals surface area contributed by atoms with Crippen LogP contribution in [0.3, 0.4) is 0 Å². The minimum atomic E-state index is -4.59. The molecule has 0 aliphatic rings. The molecule has 0 spiro atoms. The molecule has 0 radical (unpaired) electrons. The van der Waals surface area contributed by atoms with Crippen molar-refractivity contribution in [2.75, 3.05) is 11.9 Å². The normalized spacial score (nSPS) is 12.3. The smallest absolute Gasteiger partial charge is 0.394 e. The number of hydrogen-bond donors (Lipinski definition) is 3. The molecule has 0 atom stereocenters. The van der Waals surface area contributed by atoms with Gasteiger partial charge in [0.05, 0.1) is 12.1 Å². The van der Waals surface area contributed by atoms with Gasteiger partial charge in [-0.15, -0.1) is 10.2 Å². The number of carbonyl (C=O) groups excluding carboxylic acids is 1. The molecule has 20 heavy (non-hydrogen) atoms. The SMILES string of the molecule is CCC(CC)(CO)NC(=O)Nc1nnc(C(F)(F)F)s1. The lowest BCUT2D eigenvalue weighted by Crippen LogP contribution is -2.52. The Kier molecular flexibility index (Phi) is 5.28. The first-order valence-electron chi connectivity index (χ1n) is 5.87. The molecular weight excluding hydrogens is 297 g/mol. The van der Waals surface area contributed by atoms with Gasteiger partial charge in [-0.05, 0) is 12.8 Å². The molecule has 0 unspecified atom stereocenters. The second-order valence-corrected chi connectivity index (χ2v) is 5.11. The number of aromatic nitrogens is 2. The van der Waals surface area contributed by atoms with E-state index in [1.807, 2.05) is 0 Å². The fourth-order valence-corrected chi connectivity index (χ4v) is 2.05. The number of rotatable bonds is 5. The monoisotopic (exact) mass is 312 g/mol. The van der Waals surface area contributed by atoms with E-state index in [2.05, 4.69) is 20.8 Å². The van der Waals surface area contributed by atoms with E-state index in [0.717, 1.165) is 0 Å². The van der Waals surface area contributed by atoms with Crippen molar-refractivity contribution < 1.29 is 23.1 Å². The minimum absolute atomic E-state index is 0.235. The zero-order valence-corrected chi connectivity index (χ0v) is 11.7. The fraction of sp³-hybridized carbons (Fsp3) is 0.700. The second kappa shape index (κ2) is 6.35. The lowest BCUT2D eigenvalue weighted by atomic mass is 9.94. The summed E-state index contributed by atoms with van der Waals surface area (Å²) in [6, 6.07) is -0.729. The summed E-state index contributed by atoms with van der Waals surface area (Å²) in [5.74, 6) is 0. The standard InChI is InChI=1S/C10H15F3N4O2S/c1-3-9(4-2,5-18)15-7(19)14-8-17-16-6(20-8)10(11,12)13/h18H,3-5H2,1-2H3,(H2,14,15,17,19). The summed E-state index contributed by atoms with van der Waals surface area (Å²) < 4.78 is 37.0. The molecule has 2 amide bonds. The Bertz CT molecular complexity index is 451. The number of aliphatic hydroxyl groups is 1. The largest absolute Gasteiger partial charge is 0.445 e. The molecule has 1 rings (SSSR count). The van der Waals surface area contributed by atoms with Crippen molar-refractivity contribution in [2.45, 2.75) is 38.4 Å². The van der Waals surface area contributed by atoms with E-state index in [1.165, 1.54) is 0 Å². The maximum atomic E-state index is 12.3. The Hall–Kier alpha value is -1.42. The van der Waals surface area contributed by atoms with Crippen molar-refractivity contribution in [3.63, 3.8) is 0 Å². The number of amides is 2. The van der Waals surface area contributed by atoms with Gasteiger partial charge in [-0.25, -0.2) is 4.79 Å².